The molecule has 60 valence electrons. The maximum absolute atomic E-state index is 2.25. The van der Waals surface area contributed by atoms with Crippen LogP contribution in [0.5, 0.6) is 0 Å². The smallest absolute Gasteiger partial charge is 0.0388 e. The molecule has 1 rings (SSSR count). The molecule has 0 spiro atoms. The van der Waals surface area contributed by atoms with Crippen molar-refractivity contribution in [3.63, 3.8) is 0 Å². The Balaban J connectivity index is 3.13. The third kappa shape index (κ3) is 1.72. The summed E-state index contributed by atoms with van der Waals surface area (Å²) in [5.74, 6) is 0. The summed E-state index contributed by atoms with van der Waals surface area (Å²) in [7, 11) is 1.19. The molecule has 0 aliphatic rings. The zero-order chi connectivity index (χ0) is 8.27. The Hall–Kier alpha value is -0.563. The SMILES string of the molecule is CCc1cccc([SiH3])c1CC. The van der Waals surface area contributed by atoms with Gasteiger partial charge in [-0.05, 0) is 24.0 Å². The van der Waals surface area contributed by atoms with Gasteiger partial charge in [-0.15, -0.1) is 0 Å². The summed E-state index contributed by atoms with van der Waals surface area (Å²) in [6.07, 6.45) is 2.38. The van der Waals surface area contributed by atoms with Crippen LogP contribution in [0.3, 0.4) is 0 Å². The van der Waals surface area contributed by atoms with Crippen molar-refractivity contribution >= 4 is 15.4 Å². The maximum Gasteiger partial charge on any atom is 0.0388 e. The molecule has 0 atom stereocenters. The van der Waals surface area contributed by atoms with E-state index in [9.17, 15) is 0 Å². The van der Waals surface area contributed by atoms with Crippen LogP contribution in [-0.2, 0) is 12.8 Å². The molecule has 0 radical (unpaired) electrons. The molecule has 11 heavy (non-hydrogen) atoms. The molecule has 0 N–H and O–H groups in total. The number of aryl methyl sites for hydroxylation is 1. The van der Waals surface area contributed by atoms with Gasteiger partial charge in [0.2, 0.25) is 0 Å². The number of rotatable bonds is 2. The standard InChI is InChI=1S/C10H16Si/c1-3-8-6-5-7-10(11)9(8)4-2/h5-7H,3-4H2,1-2,11H3. The number of hydrogen-bond donors (Lipinski definition) is 0. The van der Waals surface area contributed by atoms with Gasteiger partial charge in [0.15, 0.2) is 0 Å². The van der Waals surface area contributed by atoms with Gasteiger partial charge in [-0.2, -0.15) is 0 Å². The van der Waals surface area contributed by atoms with E-state index >= 15 is 0 Å². The fourth-order valence-corrected chi connectivity index (χ4v) is 2.47. The molecule has 0 saturated heterocycles. The molecule has 0 unspecified atom stereocenters. The Morgan fingerprint density at radius 2 is 1.91 bits per heavy atom. The maximum atomic E-state index is 2.25. The first-order valence-electron chi connectivity index (χ1n) is 4.37. The van der Waals surface area contributed by atoms with E-state index in [4.69, 9.17) is 0 Å². The van der Waals surface area contributed by atoms with Crippen molar-refractivity contribution in [1.82, 2.24) is 0 Å². The van der Waals surface area contributed by atoms with Crippen molar-refractivity contribution in [2.24, 2.45) is 0 Å². The van der Waals surface area contributed by atoms with Crippen LogP contribution in [-0.4, -0.2) is 10.2 Å². The average molecular weight is 164 g/mol. The molecule has 0 nitrogen and oxygen atoms in total. The summed E-state index contributed by atoms with van der Waals surface area (Å²) in [6, 6.07) is 6.69. The van der Waals surface area contributed by atoms with E-state index in [0.717, 1.165) is 0 Å². The molecule has 1 aromatic carbocycles. The fraction of sp³-hybridized carbons (Fsp3) is 0.400. The van der Waals surface area contributed by atoms with E-state index in [2.05, 4.69) is 32.0 Å². The van der Waals surface area contributed by atoms with Crippen LogP contribution in [0, 0.1) is 0 Å². The van der Waals surface area contributed by atoms with E-state index in [-0.39, 0.29) is 0 Å². The molecular formula is C10H16Si. The normalized spacial score (nSPS) is 10.4. The number of benzene rings is 1. The summed E-state index contributed by atoms with van der Waals surface area (Å²) >= 11 is 0. The molecule has 1 heteroatoms. The first kappa shape index (κ1) is 8.53. The highest BCUT2D eigenvalue weighted by Gasteiger charge is 1.99. The Bertz CT molecular complexity index is 241. The molecule has 0 fully saturated rings. The van der Waals surface area contributed by atoms with Crippen molar-refractivity contribution < 1.29 is 0 Å². The minimum Gasteiger partial charge on any atom is -0.0674 e. The molecular weight excluding hydrogens is 148 g/mol. The third-order valence-electron chi connectivity index (χ3n) is 2.24. The Morgan fingerprint density at radius 1 is 1.18 bits per heavy atom. The second-order valence-corrected chi connectivity index (χ2v) is 4.00. The van der Waals surface area contributed by atoms with Crippen molar-refractivity contribution in [3.05, 3.63) is 29.3 Å². The highest BCUT2D eigenvalue weighted by atomic mass is 28.1. The van der Waals surface area contributed by atoms with Crippen molar-refractivity contribution in [1.29, 1.82) is 0 Å². The van der Waals surface area contributed by atoms with Crippen LogP contribution >= 0.6 is 0 Å². The summed E-state index contributed by atoms with van der Waals surface area (Å²) in [5.41, 5.74) is 3.14. The zero-order valence-corrected chi connectivity index (χ0v) is 9.65. The lowest BCUT2D eigenvalue weighted by molar-refractivity contribution is 1.05. The van der Waals surface area contributed by atoms with Crippen molar-refractivity contribution in [2.75, 3.05) is 0 Å². The van der Waals surface area contributed by atoms with E-state index in [1.54, 1.807) is 16.3 Å². The molecule has 1 aromatic rings. The van der Waals surface area contributed by atoms with Gasteiger partial charge in [-0.1, -0.05) is 37.2 Å². The van der Waals surface area contributed by atoms with Crippen LogP contribution in [0.1, 0.15) is 25.0 Å². The largest absolute Gasteiger partial charge is 0.0674 e. The first-order valence-corrected chi connectivity index (χ1v) is 5.37. The van der Waals surface area contributed by atoms with Crippen LogP contribution in [0.2, 0.25) is 0 Å². The quantitative estimate of drug-likeness (QED) is 0.567. The van der Waals surface area contributed by atoms with E-state index in [1.807, 2.05) is 0 Å². The summed E-state index contributed by atoms with van der Waals surface area (Å²) < 4.78 is 0. The van der Waals surface area contributed by atoms with Gasteiger partial charge in [0.05, 0.1) is 0 Å². The van der Waals surface area contributed by atoms with Crippen molar-refractivity contribution in [3.8, 4) is 0 Å². The van der Waals surface area contributed by atoms with Crippen molar-refractivity contribution in [2.45, 2.75) is 26.7 Å². The molecule has 0 aliphatic heterocycles. The van der Waals surface area contributed by atoms with Gasteiger partial charge in [0.25, 0.3) is 0 Å². The Labute approximate surface area is 72.1 Å². The minimum absolute atomic E-state index is 1.18. The predicted molar refractivity (Wildman–Crippen MR) is 54.8 cm³/mol. The van der Waals surface area contributed by atoms with Crippen LogP contribution in [0.4, 0.5) is 0 Å². The predicted octanol–water partition coefficient (Wildman–Crippen LogP) is 0.802. The summed E-state index contributed by atoms with van der Waals surface area (Å²) in [4.78, 5) is 0. The molecule has 0 aromatic heterocycles. The second-order valence-electron chi connectivity index (χ2n) is 2.92. The minimum atomic E-state index is 1.18. The summed E-state index contributed by atoms with van der Waals surface area (Å²) in [5, 5.41) is 1.58. The van der Waals surface area contributed by atoms with Gasteiger partial charge in [0.1, 0.15) is 0 Å². The van der Waals surface area contributed by atoms with E-state index < -0.39 is 0 Å². The van der Waals surface area contributed by atoms with Gasteiger partial charge in [-0.25, -0.2) is 0 Å². The van der Waals surface area contributed by atoms with E-state index in [0.29, 0.717) is 0 Å². The fourth-order valence-electron chi connectivity index (χ4n) is 1.60. The molecule has 0 amide bonds. The number of hydrogen-bond acceptors (Lipinski definition) is 0. The molecule has 0 heterocycles. The third-order valence-corrected chi connectivity index (χ3v) is 3.18. The van der Waals surface area contributed by atoms with Gasteiger partial charge in [0, 0.05) is 10.2 Å². The monoisotopic (exact) mass is 164 g/mol. The highest BCUT2D eigenvalue weighted by Crippen LogP contribution is 2.06. The van der Waals surface area contributed by atoms with Crippen LogP contribution < -0.4 is 5.19 Å². The lowest BCUT2D eigenvalue weighted by atomic mass is 10.0. The zero-order valence-electron chi connectivity index (χ0n) is 7.65. The van der Waals surface area contributed by atoms with Gasteiger partial charge in [-0.3, -0.25) is 0 Å². The topological polar surface area (TPSA) is 0 Å². The Morgan fingerprint density at radius 3 is 2.36 bits per heavy atom. The first-order chi connectivity index (χ1) is 5.29. The lowest BCUT2D eigenvalue weighted by Gasteiger charge is -2.08. The summed E-state index contributed by atoms with van der Waals surface area (Å²) in [6.45, 7) is 4.48. The highest BCUT2D eigenvalue weighted by molar-refractivity contribution is 6.33. The molecule has 0 aliphatic carbocycles. The van der Waals surface area contributed by atoms with Crippen LogP contribution in [0.15, 0.2) is 18.2 Å². The second kappa shape index (κ2) is 3.72. The lowest BCUT2D eigenvalue weighted by Crippen LogP contribution is -2.11. The molecule has 0 bridgehead atoms. The van der Waals surface area contributed by atoms with Gasteiger partial charge < -0.3 is 0 Å². The van der Waals surface area contributed by atoms with E-state index in [1.165, 1.54) is 23.1 Å². The Kier molecular flexibility index (Phi) is 2.89. The van der Waals surface area contributed by atoms with Gasteiger partial charge >= 0.3 is 0 Å². The molecule has 0 saturated carbocycles. The van der Waals surface area contributed by atoms with Crippen LogP contribution in [0.25, 0.3) is 0 Å². The average Bonchev–Trinajstić information content (AvgIpc) is 2.04.